The zero-order chi connectivity index (χ0) is 40.5. The molecule has 0 saturated heterocycles. The molecule has 3 aromatic heterocycles. The van der Waals surface area contributed by atoms with Crippen LogP contribution in [0, 0.1) is 24.2 Å². The van der Waals surface area contributed by atoms with E-state index in [2.05, 4.69) is 181 Å². The zero-order valence-electron chi connectivity index (χ0n) is 36.7. The third-order valence-electron chi connectivity index (χ3n) is 13.1. The molecule has 7 rings (SSSR count). The summed E-state index contributed by atoms with van der Waals surface area (Å²) in [5.74, 6) is 4.40. The van der Waals surface area contributed by atoms with Gasteiger partial charge in [0.05, 0.1) is 16.7 Å². The number of aryl methyl sites for hydroxylation is 1. The highest BCUT2D eigenvalue weighted by Gasteiger charge is 2.38. The van der Waals surface area contributed by atoms with E-state index in [4.69, 9.17) is 14.7 Å². The molecule has 4 nitrogen and oxygen atoms in total. The van der Waals surface area contributed by atoms with Crippen LogP contribution < -0.4 is 4.74 Å². The molecule has 4 heteroatoms. The molecule has 1 saturated carbocycles. The van der Waals surface area contributed by atoms with E-state index in [0.29, 0.717) is 23.2 Å². The molecule has 3 heterocycles. The third kappa shape index (κ3) is 7.53. The van der Waals surface area contributed by atoms with E-state index in [1.165, 1.54) is 57.9 Å². The van der Waals surface area contributed by atoms with Crippen molar-refractivity contribution < 1.29 is 4.74 Å². The Morgan fingerprint density at radius 1 is 0.732 bits per heavy atom. The molecule has 0 spiro atoms. The Morgan fingerprint density at radius 3 is 2.11 bits per heavy atom. The molecule has 0 N–H and O–H groups in total. The average Bonchev–Trinajstić information content (AvgIpc) is 3.44. The summed E-state index contributed by atoms with van der Waals surface area (Å²) in [6, 6.07) is 26.5. The van der Waals surface area contributed by atoms with Crippen molar-refractivity contribution in [2.75, 3.05) is 0 Å². The van der Waals surface area contributed by atoms with Gasteiger partial charge < -0.3 is 4.74 Å². The quantitative estimate of drug-likeness (QED) is 0.170. The van der Waals surface area contributed by atoms with Crippen LogP contribution in [0.3, 0.4) is 0 Å². The van der Waals surface area contributed by atoms with E-state index in [9.17, 15) is 0 Å². The van der Waals surface area contributed by atoms with Crippen LogP contribution in [0.5, 0.6) is 11.5 Å². The molecule has 1 aliphatic rings. The molecule has 0 amide bonds. The molecule has 56 heavy (non-hydrogen) atoms. The normalized spacial score (nSPS) is 19.6. The highest BCUT2D eigenvalue weighted by Crippen LogP contribution is 2.51. The summed E-state index contributed by atoms with van der Waals surface area (Å²) in [4.78, 5) is 10.1. The van der Waals surface area contributed by atoms with Crippen molar-refractivity contribution in [3.05, 3.63) is 113 Å². The van der Waals surface area contributed by atoms with Gasteiger partial charge >= 0.3 is 0 Å². The van der Waals surface area contributed by atoms with Crippen LogP contribution in [-0.2, 0) is 16.2 Å². The van der Waals surface area contributed by atoms with Gasteiger partial charge in [0.1, 0.15) is 17.3 Å². The summed E-state index contributed by atoms with van der Waals surface area (Å²) >= 11 is 0. The fourth-order valence-electron chi connectivity index (χ4n) is 9.25. The molecule has 1 aliphatic carbocycles. The lowest BCUT2D eigenvalue weighted by Crippen LogP contribution is -2.33. The maximum absolute atomic E-state index is 6.73. The zero-order valence-corrected chi connectivity index (χ0v) is 36.7. The van der Waals surface area contributed by atoms with Crippen molar-refractivity contribution >= 4 is 21.8 Å². The van der Waals surface area contributed by atoms with Gasteiger partial charge in [-0.1, -0.05) is 108 Å². The molecule has 3 unspecified atom stereocenters. The standard InChI is InChI=1S/C52H65N3O/c1-32(2)52(14)23-22-39(33(3)29-52)41-27-45(53-30-34(41)4)35-16-15-17-37(24-35)56-38-19-20-40-42-25-36(49(5,6)7)18-21-46(42)55(47(40)26-38)48-28-43(50(8,9)10)44(31-54-48)51(11,12)13/h15-21,24-28,30-33,39H,22-23,29H2,1-14H3. The molecule has 0 radical (unpaired) electrons. The topological polar surface area (TPSA) is 39.9 Å². The summed E-state index contributed by atoms with van der Waals surface area (Å²) in [5.41, 5.74) is 11.3. The lowest BCUT2D eigenvalue weighted by molar-refractivity contribution is 0.0934. The molecule has 3 aromatic carbocycles. The van der Waals surface area contributed by atoms with Crippen LogP contribution in [0.15, 0.2) is 85.2 Å². The maximum atomic E-state index is 6.73. The number of rotatable bonds is 6. The number of nitrogens with zero attached hydrogens (tertiary/aromatic N) is 3. The van der Waals surface area contributed by atoms with E-state index in [1.54, 1.807) is 0 Å². The van der Waals surface area contributed by atoms with Crippen molar-refractivity contribution in [1.82, 2.24) is 14.5 Å². The Kier molecular flexibility index (Phi) is 10.1. The van der Waals surface area contributed by atoms with Crippen LogP contribution in [0.25, 0.3) is 38.9 Å². The number of ether oxygens (including phenoxy) is 1. The van der Waals surface area contributed by atoms with Crippen LogP contribution >= 0.6 is 0 Å². The predicted octanol–water partition coefficient (Wildman–Crippen LogP) is 14.8. The van der Waals surface area contributed by atoms with E-state index >= 15 is 0 Å². The van der Waals surface area contributed by atoms with Crippen molar-refractivity contribution in [2.45, 2.75) is 138 Å². The van der Waals surface area contributed by atoms with Crippen LogP contribution in [0.1, 0.15) is 143 Å². The summed E-state index contributed by atoms with van der Waals surface area (Å²) < 4.78 is 9.06. The Bertz CT molecular complexity index is 2410. The molecule has 0 bridgehead atoms. The largest absolute Gasteiger partial charge is 0.457 e. The highest BCUT2D eigenvalue weighted by atomic mass is 16.5. The van der Waals surface area contributed by atoms with E-state index < -0.39 is 0 Å². The van der Waals surface area contributed by atoms with Gasteiger partial charge in [0.2, 0.25) is 0 Å². The number of pyridine rings is 2. The molecular formula is C52H65N3O. The average molecular weight is 748 g/mol. The second-order valence-corrected chi connectivity index (χ2v) is 20.8. The van der Waals surface area contributed by atoms with Crippen molar-refractivity contribution in [2.24, 2.45) is 17.3 Å². The predicted molar refractivity (Wildman–Crippen MR) is 238 cm³/mol. The third-order valence-corrected chi connectivity index (χ3v) is 13.1. The number of hydrogen-bond donors (Lipinski definition) is 0. The molecule has 1 fully saturated rings. The first-order chi connectivity index (χ1) is 26.1. The van der Waals surface area contributed by atoms with Gasteiger partial charge in [0.15, 0.2) is 0 Å². The van der Waals surface area contributed by atoms with E-state index in [-0.39, 0.29) is 16.2 Å². The minimum Gasteiger partial charge on any atom is -0.457 e. The SMILES string of the molecule is Cc1cnc(-c2cccc(Oc3ccc4c5cc(C(C)(C)C)ccc5n(-c5cc(C(C)(C)C)c(C(C)(C)C)cn5)c4c3)c2)cc1C1CCC(C)(C(C)C)CC1C. The number of benzene rings is 3. The van der Waals surface area contributed by atoms with Gasteiger partial charge in [0, 0.05) is 34.8 Å². The number of aromatic nitrogens is 3. The minimum atomic E-state index is -0.0470. The lowest BCUT2D eigenvalue weighted by atomic mass is 9.61. The van der Waals surface area contributed by atoms with E-state index in [0.717, 1.165) is 39.6 Å². The first-order valence-corrected chi connectivity index (χ1v) is 21.0. The Balaban J connectivity index is 1.28. The van der Waals surface area contributed by atoms with Crippen molar-refractivity contribution in [3.63, 3.8) is 0 Å². The number of fused-ring (bicyclic) bond motifs is 3. The number of hydrogen-bond acceptors (Lipinski definition) is 3. The first-order valence-electron chi connectivity index (χ1n) is 21.0. The van der Waals surface area contributed by atoms with Crippen molar-refractivity contribution in [1.29, 1.82) is 0 Å². The molecule has 294 valence electrons. The smallest absolute Gasteiger partial charge is 0.137 e. The Hall–Kier alpha value is -4.44. The van der Waals surface area contributed by atoms with Gasteiger partial charge in [-0.15, -0.1) is 0 Å². The van der Waals surface area contributed by atoms with Crippen LogP contribution in [0.2, 0.25) is 0 Å². The second-order valence-electron chi connectivity index (χ2n) is 20.8. The summed E-state index contributed by atoms with van der Waals surface area (Å²) in [6.07, 6.45) is 7.95. The fraction of sp³-hybridized carbons (Fsp3) is 0.462. The molecular weight excluding hydrogens is 683 g/mol. The van der Waals surface area contributed by atoms with Gasteiger partial charge in [-0.05, 0) is 142 Å². The summed E-state index contributed by atoms with van der Waals surface area (Å²) in [7, 11) is 0. The van der Waals surface area contributed by atoms with Gasteiger partial charge in [-0.3, -0.25) is 9.55 Å². The van der Waals surface area contributed by atoms with Gasteiger partial charge in [-0.2, -0.15) is 0 Å². The van der Waals surface area contributed by atoms with Crippen LogP contribution in [-0.4, -0.2) is 14.5 Å². The van der Waals surface area contributed by atoms with Gasteiger partial charge in [-0.25, -0.2) is 4.98 Å². The second kappa shape index (κ2) is 14.2. The first kappa shape index (κ1) is 39.8. The van der Waals surface area contributed by atoms with E-state index in [1.807, 2.05) is 6.07 Å². The maximum Gasteiger partial charge on any atom is 0.137 e. The lowest BCUT2D eigenvalue weighted by Gasteiger charge is -2.44. The van der Waals surface area contributed by atoms with Crippen molar-refractivity contribution in [3.8, 4) is 28.6 Å². The summed E-state index contributed by atoms with van der Waals surface area (Å²) in [6.45, 7) is 32.5. The fourth-order valence-corrected chi connectivity index (χ4v) is 9.25. The molecule has 6 aromatic rings. The van der Waals surface area contributed by atoms with Crippen LogP contribution in [0.4, 0.5) is 0 Å². The highest BCUT2D eigenvalue weighted by molar-refractivity contribution is 6.09. The molecule has 0 aliphatic heterocycles. The summed E-state index contributed by atoms with van der Waals surface area (Å²) in [5, 5.41) is 2.41. The van der Waals surface area contributed by atoms with Gasteiger partial charge in [0.25, 0.3) is 0 Å². The monoisotopic (exact) mass is 748 g/mol. The minimum absolute atomic E-state index is 0.0221. The Labute approximate surface area is 337 Å². The Morgan fingerprint density at radius 2 is 1.45 bits per heavy atom. The molecule has 3 atom stereocenters.